The first-order valence-electron chi connectivity index (χ1n) is 6.14. The molecule has 1 aromatic carbocycles. The van der Waals surface area contributed by atoms with Gasteiger partial charge in [-0.3, -0.25) is 9.48 Å². The average Bonchev–Trinajstić information content (AvgIpc) is 2.85. The summed E-state index contributed by atoms with van der Waals surface area (Å²) >= 11 is 0. The molecule has 0 saturated carbocycles. The topological polar surface area (TPSA) is 56.2 Å². The van der Waals surface area contributed by atoms with Crippen LogP contribution in [0, 0.1) is 0 Å². The van der Waals surface area contributed by atoms with Crippen LogP contribution in [0.4, 0.5) is 27.6 Å². The second kappa shape index (κ2) is 6.23. The van der Waals surface area contributed by atoms with Crippen LogP contribution < -0.4 is 10.1 Å². The summed E-state index contributed by atoms with van der Waals surface area (Å²) in [5.74, 6) is -1.72. The summed E-state index contributed by atoms with van der Waals surface area (Å²) in [5, 5.41) is 5.99. The molecule has 23 heavy (non-hydrogen) atoms. The molecule has 1 heterocycles. The summed E-state index contributed by atoms with van der Waals surface area (Å²) < 4.78 is 68.1. The quantitative estimate of drug-likeness (QED) is 0.873. The maximum absolute atomic E-state index is 12.9. The Bertz CT molecular complexity index is 712. The van der Waals surface area contributed by atoms with Gasteiger partial charge in [0.25, 0.3) is 5.91 Å². The van der Waals surface area contributed by atoms with E-state index >= 15 is 0 Å². The van der Waals surface area contributed by atoms with Crippen LogP contribution >= 0.6 is 0 Å². The molecular weight excluding hydrogens is 325 g/mol. The third-order valence-corrected chi connectivity index (χ3v) is 2.81. The Morgan fingerprint density at radius 2 is 2.00 bits per heavy atom. The molecule has 2 rings (SSSR count). The first-order chi connectivity index (χ1) is 10.7. The van der Waals surface area contributed by atoms with Gasteiger partial charge in [-0.1, -0.05) is 0 Å². The summed E-state index contributed by atoms with van der Waals surface area (Å²) in [4.78, 5) is 11.9. The van der Waals surface area contributed by atoms with Crippen molar-refractivity contribution in [1.29, 1.82) is 0 Å². The fraction of sp³-hybridized carbons (Fsp3) is 0.231. The summed E-state index contributed by atoms with van der Waals surface area (Å²) in [6, 6.07) is 3.63. The molecule has 0 bridgehead atoms. The number of amides is 1. The van der Waals surface area contributed by atoms with E-state index in [-0.39, 0.29) is 11.4 Å². The van der Waals surface area contributed by atoms with Crippen molar-refractivity contribution in [1.82, 2.24) is 9.78 Å². The number of hydrogen-bond acceptors (Lipinski definition) is 3. The molecule has 0 atom stereocenters. The Balaban J connectivity index is 2.30. The van der Waals surface area contributed by atoms with Gasteiger partial charge < -0.3 is 10.1 Å². The standard InChI is InChI=1S/C13H10F5N3O2/c1-21-9(4-5-19-21)11(22)20-7-2-3-10(23-12(14)15)8(6-7)13(16,17)18/h2-6,12H,1H3,(H,20,22). The van der Waals surface area contributed by atoms with Crippen molar-refractivity contribution in [2.45, 2.75) is 12.8 Å². The molecular formula is C13H10F5N3O2. The number of hydrogen-bond donors (Lipinski definition) is 1. The molecule has 0 unspecified atom stereocenters. The lowest BCUT2D eigenvalue weighted by atomic mass is 10.1. The van der Waals surface area contributed by atoms with Crippen molar-refractivity contribution in [2.24, 2.45) is 7.05 Å². The number of alkyl halides is 5. The van der Waals surface area contributed by atoms with E-state index in [1.807, 2.05) is 0 Å². The lowest BCUT2D eigenvalue weighted by molar-refractivity contribution is -0.141. The SMILES string of the molecule is Cn1nccc1C(=O)Nc1ccc(OC(F)F)c(C(F)(F)F)c1. The lowest BCUT2D eigenvalue weighted by Gasteiger charge is -2.15. The molecule has 124 valence electrons. The Labute approximate surface area is 126 Å². The van der Waals surface area contributed by atoms with E-state index in [4.69, 9.17) is 0 Å². The van der Waals surface area contributed by atoms with Crippen LogP contribution in [-0.4, -0.2) is 22.3 Å². The number of carbonyl (C=O) groups excluding carboxylic acids is 1. The van der Waals surface area contributed by atoms with E-state index in [9.17, 15) is 26.7 Å². The van der Waals surface area contributed by atoms with Gasteiger partial charge in [0, 0.05) is 18.9 Å². The van der Waals surface area contributed by atoms with Gasteiger partial charge in [-0.25, -0.2) is 0 Å². The molecule has 0 fully saturated rings. The smallest absolute Gasteiger partial charge is 0.420 e. The molecule has 1 aromatic heterocycles. The molecule has 0 radical (unpaired) electrons. The largest absolute Gasteiger partial charge is 0.434 e. The normalized spacial score (nSPS) is 11.6. The Hall–Kier alpha value is -2.65. The van der Waals surface area contributed by atoms with Gasteiger partial charge in [0.05, 0.1) is 5.56 Å². The van der Waals surface area contributed by atoms with Gasteiger partial charge in [0.2, 0.25) is 0 Å². The third-order valence-electron chi connectivity index (χ3n) is 2.81. The molecule has 10 heteroatoms. The van der Waals surface area contributed by atoms with Gasteiger partial charge in [0.15, 0.2) is 0 Å². The van der Waals surface area contributed by atoms with E-state index < -0.39 is 30.0 Å². The van der Waals surface area contributed by atoms with Crippen LogP contribution in [0.25, 0.3) is 0 Å². The predicted molar refractivity (Wildman–Crippen MR) is 69.2 cm³/mol. The zero-order valence-electron chi connectivity index (χ0n) is 11.6. The van der Waals surface area contributed by atoms with Crippen molar-refractivity contribution in [3.63, 3.8) is 0 Å². The number of benzene rings is 1. The minimum atomic E-state index is -4.92. The van der Waals surface area contributed by atoms with E-state index in [1.54, 1.807) is 0 Å². The van der Waals surface area contributed by atoms with Crippen LogP contribution in [0.15, 0.2) is 30.5 Å². The molecule has 0 aliphatic carbocycles. The number of aromatic nitrogens is 2. The number of anilines is 1. The van der Waals surface area contributed by atoms with Crippen LogP contribution in [-0.2, 0) is 13.2 Å². The summed E-state index contributed by atoms with van der Waals surface area (Å²) in [7, 11) is 1.48. The highest BCUT2D eigenvalue weighted by Crippen LogP contribution is 2.38. The van der Waals surface area contributed by atoms with E-state index in [0.29, 0.717) is 12.1 Å². The molecule has 0 saturated heterocycles. The van der Waals surface area contributed by atoms with Gasteiger partial charge >= 0.3 is 12.8 Å². The van der Waals surface area contributed by atoms with E-state index in [1.165, 1.54) is 24.0 Å². The van der Waals surface area contributed by atoms with Crippen molar-refractivity contribution in [3.05, 3.63) is 41.7 Å². The lowest BCUT2D eigenvalue weighted by Crippen LogP contribution is -2.17. The number of rotatable bonds is 4. The zero-order valence-corrected chi connectivity index (χ0v) is 11.6. The summed E-state index contributed by atoms with van der Waals surface area (Å²) in [5.41, 5.74) is -1.52. The number of nitrogens with zero attached hydrogens (tertiary/aromatic N) is 2. The molecule has 0 aliphatic heterocycles. The van der Waals surface area contributed by atoms with Crippen molar-refractivity contribution in [3.8, 4) is 5.75 Å². The predicted octanol–water partition coefficient (Wildman–Crippen LogP) is 3.29. The fourth-order valence-electron chi connectivity index (χ4n) is 1.82. The van der Waals surface area contributed by atoms with E-state index in [2.05, 4.69) is 15.2 Å². The number of nitrogens with one attached hydrogen (secondary N) is 1. The number of halogens is 5. The van der Waals surface area contributed by atoms with Crippen LogP contribution in [0.2, 0.25) is 0 Å². The highest BCUT2D eigenvalue weighted by molar-refractivity contribution is 6.03. The monoisotopic (exact) mass is 335 g/mol. The maximum Gasteiger partial charge on any atom is 0.420 e. The first-order valence-corrected chi connectivity index (χ1v) is 6.14. The molecule has 2 aromatic rings. The molecule has 5 nitrogen and oxygen atoms in total. The van der Waals surface area contributed by atoms with Gasteiger partial charge in [-0.15, -0.1) is 0 Å². The molecule has 1 N–H and O–H groups in total. The second-order valence-electron chi connectivity index (χ2n) is 4.38. The fourth-order valence-corrected chi connectivity index (χ4v) is 1.82. The third kappa shape index (κ3) is 3.96. The number of aryl methyl sites for hydroxylation is 1. The highest BCUT2D eigenvalue weighted by atomic mass is 19.4. The van der Waals surface area contributed by atoms with Crippen molar-refractivity contribution in [2.75, 3.05) is 5.32 Å². The van der Waals surface area contributed by atoms with E-state index in [0.717, 1.165) is 6.07 Å². The van der Waals surface area contributed by atoms with Crippen molar-refractivity contribution >= 4 is 11.6 Å². The molecule has 0 aliphatic rings. The first kappa shape index (κ1) is 16.7. The highest BCUT2D eigenvalue weighted by Gasteiger charge is 2.35. The minimum Gasteiger partial charge on any atom is -0.434 e. The average molecular weight is 335 g/mol. The van der Waals surface area contributed by atoms with Gasteiger partial charge in [0.1, 0.15) is 11.4 Å². The van der Waals surface area contributed by atoms with Gasteiger partial charge in [-0.05, 0) is 24.3 Å². The minimum absolute atomic E-state index is 0.117. The molecule has 0 spiro atoms. The number of ether oxygens (including phenoxy) is 1. The Kier molecular flexibility index (Phi) is 4.52. The molecule has 1 amide bonds. The summed E-state index contributed by atoms with van der Waals surface area (Å²) in [6.45, 7) is -3.40. The van der Waals surface area contributed by atoms with Crippen LogP contribution in [0.5, 0.6) is 5.75 Å². The van der Waals surface area contributed by atoms with Crippen LogP contribution in [0.3, 0.4) is 0 Å². The maximum atomic E-state index is 12.9. The van der Waals surface area contributed by atoms with Crippen LogP contribution in [0.1, 0.15) is 16.1 Å². The zero-order chi connectivity index (χ0) is 17.2. The van der Waals surface area contributed by atoms with Gasteiger partial charge in [-0.2, -0.15) is 27.1 Å². The van der Waals surface area contributed by atoms with Crippen molar-refractivity contribution < 1.29 is 31.5 Å². The second-order valence-corrected chi connectivity index (χ2v) is 4.38. The Morgan fingerprint density at radius 1 is 1.30 bits per heavy atom. The summed E-state index contributed by atoms with van der Waals surface area (Å²) in [6.07, 6.45) is -3.58. The Morgan fingerprint density at radius 3 is 2.52 bits per heavy atom. The number of carbonyl (C=O) groups is 1.